The summed E-state index contributed by atoms with van der Waals surface area (Å²) in [5.74, 6) is 0.497. The van der Waals surface area contributed by atoms with Crippen LogP contribution in [0.5, 0.6) is 0 Å². The molecule has 5 heteroatoms. The number of hydrogen-bond donors (Lipinski definition) is 1. The first kappa shape index (κ1) is 17.0. The van der Waals surface area contributed by atoms with Gasteiger partial charge in [-0.2, -0.15) is 0 Å². The molecule has 1 aromatic rings. The molecule has 0 unspecified atom stereocenters. The molecule has 1 atom stereocenters. The van der Waals surface area contributed by atoms with Crippen molar-refractivity contribution >= 4 is 11.8 Å². The van der Waals surface area contributed by atoms with Crippen LogP contribution in [-0.2, 0) is 20.7 Å². The summed E-state index contributed by atoms with van der Waals surface area (Å²) >= 11 is 0. The Labute approximate surface area is 143 Å². The summed E-state index contributed by atoms with van der Waals surface area (Å²) in [7, 11) is 0. The van der Waals surface area contributed by atoms with E-state index in [1.165, 1.54) is 5.56 Å². The smallest absolute Gasteiger partial charge is 0.249 e. The van der Waals surface area contributed by atoms with E-state index in [9.17, 15) is 9.59 Å². The second kappa shape index (κ2) is 8.29. The fraction of sp³-hybridized carbons (Fsp3) is 0.579. The van der Waals surface area contributed by atoms with Crippen LogP contribution in [0.15, 0.2) is 30.3 Å². The zero-order valence-corrected chi connectivity index (χ0v) is 14.1. The lowest BCUT2D eigenvalue weighted by atomic mass is 9.90. The molecule has 0 aliphatic carbocycles. The minimum absolute atomic E-state index is 0.0134. The lowest BCUT2D eigenvalue weighted by Gasteiger charge is -2.32. The number of hydrogen-bond acceptors (Lipinski definition) is 3. The summed E-state index contributed by atoms with van der Waals surface area (Å²) in [5, 5.41) is 2.72. The van der Waals surface area contributed by atoms with Crippen LogP contribution < -0.4 is 5.32 Å². The highest BCUT2D eigenvalue weighted by molar-refractivity contribution is 5.87. The SMILES string of the molecule is O=C(NCC(=O)N1CCC(Cc2ccccc2)CC1)[C@@H]1CCCO1. The zero-order chi connectivity index (χ0) is 16.8. The van der Waals surface area contributed by atoms with Crippen LogP contribution in [0.1, 0.15) is 31.2 Å². The largest absolute Gasteiger partial charge is 0.368 e. The number of amides is 2. The van der Waals surface area contributed by atoms with Crippen molar-refractivity contribution in [2.24, 2.45) is 5.92 Å². The molecule has 2 aliphatic heterocycles. The molecular formula is C19H26N2O3. The maximum absolute atomic E-state index is 12.3. The fourth-order valence-electron chi connectivity index (χ4n) is 3.51. The highest BCUT2D eigenvalue weighted by Gasteiger charge is 2.26. The van der Waals surface area contributed by atoms with E-state index in [0.29, 0.717) is 12.5 Å². The highest BCUT2D eigenvalue weighted by atomic mass is 16.5. The van der Waals surface area contributed by atoms with Gasteiger partial charge >= 0.3 is 0 Å². The lowest BCUT2D eigenvalue weighted by molar-refractivity contribution is -0.136. The topological polar surface area (TPSA) is 58.6 Å². The Hall–Kier alpha value is -1.88. The Balaban J connectivity index is 1.38. The van der Waals surface area contributed by atoms with Crippen molar-refractivity contribution in [2.45, 2.75) is 38.2 Å². The summed E-state index contributed by atoms with van der Waals surface area (Å²) in [5.41, 5.74) is 1.37. The van der Waals surface area contributed by atoms with Gasteiger partial charge in [-0.15, -0.1) is 0 Å². The van der Waals surface area contributed by atoms with Crippen molar-refractivity contribution in [1.29, 1.82) is 0 Å². The standard InChI is InChI=1S/C19H26N2O3/c22-18(14-20-19(23)17-7-4-12-24-17)21-10-8-16(9-11-21)13-15-5-2-1-3-6-15/h1-3,5-6,16-17H,4,7-14H2,(H,20,23)/t17-/m0/s1. The summed E-state index contributed by atoms with van der Waals surface area (Å²) < 4.78 is 5.33. The first-order valence-corrected chi connectivity index (χ1v) is 8.93. The van der Waals surface area contributed by atoms with Crippen LogP contribution in [-0.4, -0.2) is 49.1 Å². The normalized spacial score (nSPS) is 21.7. The van der Waals surface area contributed by atoms with Crippen molar-refractivity contribution in [1.82, 2.24) is 10.2 Å². The molecule has 0 saturated carbocycles. The lowest BCUT2D eigenvalue weighted by Crippen LogP contribution is -2.46. The predicted octanol–water partition coefficient (Wildman–Crippen LogP) is 1.76. The van der Waals surface area contributed by atoms with Gasteiger partial charge in [-0.3, -0.25) is 9.59 Å². The van der Waals surface area contributed by atoms with Crippen LogP contribution in [0.25, 0.3) is 0 Å². The summed E-state index contributed by atoms with van der Waals surface area (Å²) in [6.07, 6.45) is 4.44. The molecule has 5 nitrogen and oxygen atoms in total. The summed E-state index contributed by atoms with van der Waals surface area (Å²) in [6, 6.07) is 10.5. The van der Waals surface area contributed by atoms with E-state index in [0.717, 1.165) is 45.2 Å². The average molecular weight is 330 g/mol. The van der Waals surface area contributed by atoms with Crippen LogP contribution >= 0.6 is 0 Å². The molecule has 2 amide bonds. The molecule has 1 N–H and O–H groups in total. The van der Waals surface area contributed by atoms with E-state index in [-0.39, 0.29) is 24.5 Å². The minimum atomic E-state index is -0.366. The van der Waals surface area contributed by atoms with Gasteiger partial charge in [0, 0.05) is 19.7 Å². The molecule has 2 fully saturated rings. The van der Waals surface area contributed by atoms with Crippen molar-refractivity contribution in [3.8, 4) is 0 Å². The van der Waals surface area contributed by atoms with Crippen LogP contribution in [0.2, 0.25) is 0 Å². The quantitative estimate of drug-likeness (QED) is 0.895. The number of carbonyl (C=O) groups is 2. The highest BCUT2D eigenvalue weighted by Crippen LogP contribution is 2.21. The van der Waals surface area contributed by atoms with Crippen molar-refractivity contribution < 1.29 is 14.3 Å². The maximum Gasteiger partial charge on any atom is 0.249 e. The van der Waals surface area contributed by atoms with E-state index in [2.05, 4.69) is 29.6 Å². The third-order valence-corrected chi connectivity index (χ3v) is 4.97. The number of carbonyl (C=O) groups excluding carboxylic acids is 2. The van der Waals surface area contributed by atoms with Gasteiger partial charge in [0.05, 0.1) is 6.54 Å². The third kappa shape index (κ3) is 4.57. The second-order valence-corrected chi connectivity index (χ2v) is 6.73. The Kier molecular flexibility index (Phi) is 5.86. The van der Waals surface area contributed by atoms with E-state index < -0.39 is 0 Å². The molecule has 3 rings (SSSR count). The molecule has 2 heterocycles. The number of benzene rings is 1. The van der Waals surface area contributed by atoms with Gasteiger partial charge in [0.2, 0.25) is 11.8 Å². The molecule has 2 saturated heterocycles. The molecule has 130 valence electrons. The van der Waals surface area contributed by atoms with Crippen LogP contribution in [0.3, 0.4) is 0 Å². The predicted molar refractivity (Wildman–Crippen MR) is 91.4 cm³/mol. The number of ether oxygens (including phenoxy) is 1. The first-order chi connectivity index (χ1) is 11.7. The number of piperidine rings is 1. The van der Waals surface area contributed by atoms with Crippen LogP contribution in [0.4, 0.5) is 0 Å². The zero-order valence-electron chi connectivity index (χ0n) is 14.1. The monoisotopic (exact) mass is 330 g/mol. The second-order valence-electron chi connectivity index (χ2n) is 6.73. The number of rotatable bonds is 5. The van der Waals surface area contributed by atoms with Gasteiger partial charge in [-0.05, 0) is 43.6 Å². The van der Waals surface area contributed by atoms with E-state index in [1.54, 1.807) is 0 Å². The summed E-state index contributed by atoms with van der Waals surface area (Å²) in [4.78, 5) is 26.0. The number of nitrogens with one attached hydrogen (secondary N) is 1. The van der Waals surface area contributed by atoms with Gasteiger partial charge in [0.25, 0.3) is 0 Å². The molecule has 0 radical (unpaired) electrons. The third-order valence-electron chi connectivity index (χ3n) is 4.97. The summed E-state index contributed by atoms with van der Waals surface area (Å²) in [6.45, 7) is 2.29. The Morgan fingerprint density at radius 3 is 2.54 bits per heavy atom. The van der Waals surface area contributed by atoms with Crippen molar-refractivity contribution in [2.75, 3.05) is 26.2 Å². The molecule has 0 bridgehead atoms. The molecule has 2 aliphatic rings. The average Bonchev–Trinajstić information content (AvgIpc) is 3.16. The molecule has 1 aromatic carbocycles. The maximum atomic E-state index is 12.3. The fourth-order valence-corrected chi connectivity index (χ4v) is 3.51. The molecule has 0 spiro atoms. The Morgan fingerprint density at radius 1 is 1.12 bits per heavy atom. The molecular weight excluding hydrogens is 304 g/mol. The molecule has 0 aromatic heterocycles. The Morgan fingerprint density at radius 2 is 1.88 bits per heavy atom. The van der Waals surface area contributed by atoms with Crippen molar-refractivity contribution in [3.05, 3.63) is 35.9 Å². The molecule has 24 heavy (non-hydrogen) atoms. The van der Waals surface area contributed by atoms with Gasteiger partial charge < -0.3 is 15.0 Å². The van der Waals surface area contributed by atoms with Gasteiger partial charge in [0.15, 0.2) is 0 Å². The Bertz CT molecular complexity index is 547. The van der Waals surface area contributed by atoms with Crippen LogP contribution in [0, 0.1) is 5.92 Å². The first-order valence-electron chi connectivity index (χ1n) is 8.93. The van der Waals surface area contributed by atoms with Gasteiger partial charge in [-0.1, -0.05) is 30.3 Å². The van der Waals surface area contributed by atoms with E-state index >= 15 is 0 Å². The van der Waals surface area contributed by atoms with Crippen molar-refractivity contribution in [3.63, 3.8) is 0 Å². The van der Waals surface area contributed by atoms with E-state index in [1.807, 2.05) is 11.0 Å². The van der Waals surface area contributed by atoms with E-state index in [4.69, 9.17) is 4.74 Å². The van der Waals surface area contributed by atoms with Gasteiger partial charge in [0.1, 0.15) is 6.10 Å². The minimum Gasteiger partial charge on any atom is -0.368 e. The number of nitrogens with zero attached hydrogens (tertiary/aromatic N) is 1. The number of likely N-dealkylation sites (tertiary alicyclic amines) is 1. The van der Waals surface area contributed by atoms with Gasteiger partial charge in [-0.25, -0.2) is 0 Å².